The number of methoxy groups -OCH3 is 1. The molecule has 4 nitrogen and oxygen atoms in total. The molecule has 0 saturated carbocycles. The average Bonchev–Trinajstić information content (AvgIpc) is 2.80. The maximum Gasteiger partial charge on any atom is 0.241 e. The van der Waals surface area contributed by atoms with Gasteiger partial charge in [-0.05, 0) is 37.3 Å². The summed E-state index contributed by atoms with van der Waals surface area (Å²) in [6, 6.07) is 8.44. The molecule has 0 bridgehead atoms. The van der Waals surface area contributed by atoms with Crippen molar-refractivity contribution in [2.45, 2.75) is 45.3 Å². The number of benzene rings is 1. The zero-order valence-corrected chi connectivity index (χ0v) is 13.3. The topological polar surface area (TPSA) is 41.6 Å². The monoisotopic (exact) mass is 290 g/mol. The van der Waals surface area contributed by atoms with Gasteiger partial charge in [0.2, 0.25) is 5.91 Å². The highest BCUT2D eigenvalue weighted by Crippen LogP contribution is 2.26. The second-order valence-corrected chi connectivity index (χ2v) is 5.62. The number of rotatable bonds is 7. The summed E-state index contributed by atoms with van der Waals surface area (Å²) in [5.74, 6) is 0.192. The lowest BCUT2D eigenvalue weighted by Crippen LogP contribution is -2.31. The largest absolute Gasteiger partial charge is 0.385 e. The molecular formula is C17H26N2O2. The van der Waals surface area contributed by atoms with Crippen molar-refractivity contribution in [3.8, 4) is 0 Å². The van der Waals surface area contributed by atoms with Crippen LogP contribution in [-0.4, -0.2) is 37.1 Å². The van der Waals surface area contributed by atoms with Gasteiger partial charge in [0, 0.05) is 20.3 Å². The number of nitrogens with one attached hydrogen (secondary N) is 1. The van der Waals surface area contributed by atoms with E-state index in [-0.39, 0.29) is 18.1 Å². The lowest BCUT2D eigenvalue weighted by Gasteiger charge is -2.24. The third-order valence-corrected chi connectivity index (χ3v) is 4.07. The molecule has 0 aromatic heterocycles. The van der Waals surface area contributed by atoms with Crippen LogP contribution >= 0.6 is 0 Å². The number of amides is 1. The molecule has 21 heavy (non-hydrogen) atoms. The van der Waals surface area contributed by atoms with Gasteiger partial charge in [0.15, 0.2) is 0 Å². The van der Waals surface area contributed by atoms with Gasteiger partial charge in [0.25, 0.3) is 0 Å². The summed E-state index contributed by atoms with van der Waals surface area (Å²) in [6.07, 6.45) is 2.99. The summed E-state index contributed by atoms with van der Waals surface area (Å²) in [5.41, 5.74) is 2.49. The van der Waals surface area contributed by atoms with Crippen LogP contribution in [0.2, 0.25) is 0 Å². The average molecular weight is 290 g/mol. The molecule has 0 radical (unpaired) electrons. The Bertz CT molecular complexity index is 458. The molecule has 1 aliphatic rings. The van der Waals surface area contributed by atoms with Crippen molar-refractivity contribution in [2.24, 2.45) is 0 Å². The van der Waals surface area contributed by atoms with E-state index in [0.29, 0.717) is 0 Å². The minimum absolute atomic E-state index is 0.000881. The summed E-state index contributed by atoms with van der Waals surface area (Å²) >= 11 is 0. The number of nitrogens with zero attached hydrogens (tertiary/aromatic N) is 1. The van der Waals surface area contributed by atoms with Crippen LogP contribution in [0.4, 0.5) is 0 Å². The first kappa shape index (κ1) is 16.0. The maximum atomic E-state index is 12.3. The Morgan fingerprint density at radius 3 is 2.57 bits per heavy atom. The van der Waals surface area contributed by atoms with E-state index in [0.717, 1.165) is 38.0 Å². The van der Waals surface area contributed by atoms with Crippen molar-refractivity contribution in [1.29, 1.82) is 0 Å². The van der Waals surface area contributed by atoms with Gasteiger partial charge in [0.1, 0.15) is 6.17 Å². The Morgan fingerprint density at radius 2 is 1.95 bits per heavy atom. The third-order valence-electron chi connectivity index (χ3n) is 4.07. The number of ether oxygens (including phenoxy) is 1. The molecule has 1 aromatic rings. The van der Waals surface area contributed by atoms with Gasteiger partial charge in [-0.1, -0.05) is 31.2 Å². The van der Waals surface area contributed by atoms with E-state index in [1.807, 2.05) is 11.8 Å². The van der Waals surface area contributed by atoms with Crippen molar-refractivity contribution in [1.82, 2.24) is 10.2 Å². The molecule has 1 aromatic carbocycles. The van der Waals surface area contributed by atoms with Crippen LogP contribution in [-0.2, 0) is 16.0 Å². The van der Waals surface area contributed by atoms with Crippen molar-refractivity contribution < 1.29 is 9.53 Å². The first-order valence-electron chi connectivity index (χ1n) is 7.81. The maximum absolute atomic E-state index is 12.3. The van der Waals surface area contributed by atoms with E-state index >= 15 is 0 Å². The highest BCUT2D eigenvalue weighted by molar-refractivity contribution is 5.84. The van der Waals surface area contributed by atoms with Crippen LogP contribution in [0.15, 0.2) is 24.3 Å². The van der Waals surface area contributed by atoms with Gasteiger partial charge < -0.3 is 9.64 Å². The molecule has 2 rings (SSSR count). The van der Waals surface area contributed by atoms with Crippen LogP contribution in [0.5, 0.6) is 0 Å². The van der Waals surface area contributed by atoms with Crippen LogP contribution in [0, 0.1) is 0 Å². The van der Waals surface area contributed by atoms with Crippen molar-refractivity contribution in [3.63, 3.8) is 0 Å². The van der Waals surface area contributed by atoms with Crippen molar-refractivity contribution in [2.75, 3.05) is 20.3 Å². The standard InChI is InChI=1S/C17H26N2O2/c1-4-14-7-9-15(10-8-14)16-18-13(2)17(20)19(16)11-5-6-12-21-3/h7-10,13,16,18H,4-6,11-12H2,1-3H3. The quantitative estimate of drug-likeness (QED) is 0.785. The fourth-order valence-corrected chi connectivity index (χ4v) is 2.75. The molecule has 0 spiro atoms. The fraction of sp³-hybridized carbons (Fsp3) is 0.588. The van der Waals surface area contributed by atoms with Gasteiger partial charge in [0.05, 0.1) is 6.04 Å². The molecule has 1 amide bonds. The Hall–Kier alpha value is -1.39. The molecule has 4 heteroatoms. The highest BCUT2D eigenvalue weighted by Gasteiger charge is 2.36. The SMILES string of the molecule is CCc1ccc(C2NC(C)C(=O)N2CCCCOC)cc1. The zero-order chi connectivity index (χ0) is 15.2. The minimum atomic E-state index is -0.108. The first-order chi connectivity index (χ1) is 10.2. The van der Waals surface area contributed by atoms with E-state index in [1.54, 1.807) is 7.11 Å². The summed E-state index contributed by atoms with van der Waals surface area (Å²) < 4.78 is 5.07. The van der Waals surface area contributed by atoms with Crippen molar-refractivity contribution >= 4 is 5.91 Å². The number of carbonyl (C=O) groups excluding carboxylic acids is 1. The molecule has 1 N–H and O–H groups in total. The third kappa shape index (κ3) is 3.83. The van der Waals surface area contributed by atoms with E-state index in [2.05, 4.69) is 36.5 Å². The van der Waals surface area contributed by atoms with Crippen LogP contribution < -0.4 is 5.32 Å². The molecule has 2 atom stereocenters. The molecular weight excluding hydrogens is 264 g/mol. The minimum Gasteiger partial charge on any atom is -0.385 e. The number of carbonyl (C=O) groups is 1. The number of hydrogen-bond acceptors (Lipinski definition) is 3. The molecule has 2 unspecified atom stereocenters. The summed E-state index contributed by atoms with van der Waals surface area (Å²) in [7, 11) is 1.71. The lowest BCUT2D eigenvalue weighted by molar-refractivity contribution is -0.129. The number of aryl methyl sites for hydroxylation is 1. The Kier molecular flexibility index (Phi) is 5.76. The van der Waals surface area contributed by atoms with Gasteiger partial charge in [-0.25, -0.2) is 0 Å². The Labute approximate surface area is 127 Å². The second-order valence-electron chi connectivity index (χ2n) is 5.62. The highest BCUT2D eigenvalue weighted by atomic mass is 16.5. The van der Waals surface area contributed by atoms with Gasteiger partial charge in [-0.2, -0.15) is 0 Å². The molecule has 1 aliphatic heterocycles. The molecule has 116 valence electrons. The first-order valence-corrected chi connectivity index (χ1v) is 7.81. The smallest absolute Gasteiger partial charge is 0.241 e. The molecule has 0 aliphatic carbocycles. The summed E-state index contributed by atoms with van der Waals surface area (Å²) in [6.45, 7) is 5.61. The Balaban J connectivity index is 2.05. The van der Waals surface area contributed by atoms with E-state index < -0.39 is 0 Å². The zero-order valence-electron chi connectivity index (χ0n) is 13.3. The van der Waals surface area contributed by atoms with Gasteiger partial charge in [-0.3, -0.25) is 10.1 Å². The number of hydrogen-bond donors (Lipinski definition) is 1. The van der Waals surface area contributed by atoms with Gasteiger partial charge in [-0.15, -0.1) is 0 Å². The van der Waals surface area contributed by atoms with Gasteiger partial charge >= 0.3 is 0 Å². The lowest BCUT2D eigenvalue weighted by atomic mass is 10.1. The second kappa shape index (κ2) is 7.57. The predicted octanol–water partition coefficient (Wildman–Crippen LogP) is 2.49. The van der Waals surface area contributed by atoms with Crippen LogP contribution in [0.25, 0.3) is 0 Å². The Morgan fingerprint density at radius 1 is 1.24 bits per heavy atom. The molecule has 1 saturated heterocycles. The molecule has 1 fully saturated rings. The molecule has 1 heterocycles. The van der Waals surface area contributed by atoms with E-state index in [1.165, 1.54) is 5.56 Å². The van der Waals surface area contributed by atoms with Crippen molar-refractivity contribution in [3.05, 3.63) is 35.4 Å². The summed E-state index contributed by atoms with van der Waals surface area (Å²) in [4.78, 5) is 14.3. The van der Waals surface area contributed by atoms with E-state index in [4.69, 9.17) is 4.74 Å². The fourth-order valence-electron chi connectivity index (χ4n) is 2.75. The number of unbranched alkanes of at least 4 members (excludes halogenated alkanes) is 1. The van der Waals surface area contributed by atoms with E-state index in [9.17, 15) is 4.79 Å². The van der Waals surface area contributed by atoms with Crippen LogP contribution in [0.1, 0.15) is 44.0 Å². The van der Waals surface area contributed by atoms with Crippen LogP contribution in [0.3, 0.4) is 0 Å². The predicted molar refractivity (Wildman–Crippen MR) is 84.0 cm³/mol. The summed E-state index contributed by atoms with van der Waals surface area (Å²) in [5, 5.41) is 3.39. The normalized spacial score (nSPS) is 22.0.